The van der Waals surface area contributed by atoms with E-state index in [1.807, 2.05) is 60.0 Å². The van der Waals surface area contributed by atoms with E-state index >= 15 is 0 Å². The molecule has 1 fully saturated rings. The number of aromatic nitrogens is 2. The van der Waals surface area contributed by atoms with E-state index in [1.54, 1.807) is 4.68 Å². The minimum absolute atomic E-state index is 0.0989. The minimum atomic E-state index is -0.624. The van der Waals surface area contributed by atoms with Crippen LogP contribution in [-0.4, -0.2) is 57.9 Å². The maximum atomic E-state index is 13.6. The first kappa shape index (κ1) is 24.3. The molecule has 34 heavy (non-hydrogen) atoms. The topological polar surface area (TPSA) is 85.9 Å². The fourth-order valence-electron chi connectivity index (χ4n) is 4.81. The number of unbranched alkanes of at least 4 members (excludes halogenated alkanes) is 1. The Balaban J connectivity index is 1.67. The van der Waals surface area contributed by atoms with Crippen molar-refractivity contribution in [3.05, 3.63) is 63.8 Å². The van der Waals surface area contributed by atoms with Crippen molar-refractivity contribution in [3.8, 4) is 5.69 Å². The molecule has 0 saturated carbocycles. The number of likely N-dealkylation sites (tertiary alicyclic amines) is 1. The van der Waals surface area contributed by atoms with Gasteiger partial charge in [-0.25, -0.2) is 4.68 Å². The summed E-state index contributed by atoms with van der Waals surface area (Å²) in [4.78, 5) is 28.7. The Kier molecular flexibility index (Phi) is 7.90. The van der Waals surface area contributed by atoms with E-state index in [2.05, 4.69) is 0 Å². The SMILES string of the molecule is Cc1c([C@H]2C=C(C(=O)N3CCCCC3)O[C@@H](OCCCCO)C2)c(=O)n(-c2ccccc2)n1C. The second-order valence-electron chi connectivity index (χ2n) is 9.05. The van der Waals surface area contributed by atoms with Gasteiger partial charge in [0.1, 0.15) is 0 Å². The summed E-state index contributed by atoms with van der Waals surface area (Å²) in [7, 11) is 1.87. The van der Waals surface area contributed by atoms with Gasteiger partial charge in [-0.15, -0.1) is 0 Å². The quantitative estimate of drug-likeness (QED) is 0.601. The molecule has 8 nitrogen and oxygen atoms in total. The highest BCUT2D eigenvalue weighted by atomic mass is 16.7. The van der Waals surface area contributed by atoms with Crippen LogP contribution in [0.4, 0.5) is 0 Å². The van der Waals surface area contributed by atoms with Crippen LogP contribution < -0.4 is 5.56 Å². The number of benzene rings is 1. The highest BCUT2D eigenvalue weighted by Crippen LogP contribution is 2.33. The number of carbonyl (C=O) groups is 1. The van der Waals surface area contributed by atoms with E-state index < -0.39 is 6.29 Å². The largest absolute Gasteiger partial charge is 0.459 e. The zero-order valence-electron chi connectivity index (χ0n) is 20.1. The average Bonchev–Trinajstić information content (AvgIpc) is 3.10. The van der Waals surface area contributed by atoms with Gasteiger partial charge in [0.2, 0.25) is 6.29 Å². The van der Waals surface area contributed by atoms with Crippen molar-refractivity contribution in [2.24, 2.45) is 7.05 Å². The van der Waals surface area contributed by atoms with Crippen molar-refractivity contribution in [3.63, 3.8) is 0 Å². The van der Waals surface area contributed by atoms with E-state index in [0.717, 1.165) is 43.7 Å². The number of piperidine rings is 1. The van der Waals surface area contributed by atoms with Gasteiger partial charge in [0, 0.05) is 50.3 Å². The fourth-order valence-corrected chi connectivity index (χ4v) is 4.81. The van der Waals surface area contributed by atoms with Crippen LogP contribution in [0.1, 0.15) is 55.7 Å². The van der Waals surface area contributed by atoms with E-state index in [9.17, 15) is 9.59 Å². The number of nitrogens with zero attached hydrogens (tertiary/aromatic N) is 3. The van der Waals surface area contributed by atoms with Crippen LogP contribution in [-0.2, 0) is 21.3 Å². The number of aliphatic hydroxyl groups excluding tert-OH is 1. The number of allylic oxidation sites excluding steroid dienone is 1. The normalized spacial score (nSPS) is 20.7. The summed E-state index contributed by atoms with van der Waals surface area (Å²) in [6, 6.07) is 9.54. The first-order chi connectivity index (χ1) is 16.5. The van der Waals surface area contributed by atoms with Crippen LogP contribution in [0.15, 0.2) is 47.0 Å². The van der Waals surface area contributed by atoms with Crippen molar-refractivity contribution < 1.29 is 19.4 Å². The fraction of sp³-hybridized carbons (Fsp3) is 0.538. The van der Waals surface area contributed by atoms with Gasteiger partial charge in [0.05, 0.1) is 12.3 Å². The summed E-state index contributed by atoms with van der Waals surface area (Å²) < 4.78 is 15.5. The van der Waals surface area contributed by atoms with Crippen molar-refractivity contribution >= 4 is 5.91 Å². The average molecular weight is 470 g/mol. The first-order valence-corrected chi connectivity index (χ1v) is 12.3. The molecule has 0 unspecified atom stereocenters. The molecule has 4 rings (SSSR count). The number of carbonyl (C=O) groups excluding carboxylic acids is 1. The summed E-state index contributed by atoms with van der Waals surface area (Å²) in [5, 5.41) is 9.05. The highest BCUT2D eigenvalue weighted by molar-refractivity contribution is 5.91. The van der Waals surface area contributed by atoms with Crippen LogP contribution in [0.2, 0.25) is 0 Å². The first-order valence-electron chi connectivity index (χ1n) is 12.3. The van der Waals surface area contributed by atoms with E-state index in [0.29, 0.717) is 31.4 Å². The Morgan fingerprint density at radius 1 is 1.15 bits per heavy atom. The summed E-state index contributed by atoms with van der Waals surface area (Å²) >= 11 is 0. The molecule has 2 atom stereocenters. The number of hydrogen-bond acceptors (Lipinski definition) is 5. The molecule has 0 aliphatic carbocycles. The lowest BCUT2D eigenvalue weighted by molar-refractivity contribution is -0.153. The Labute approximate surface area is 200 Å². The molecule has 0 radical (unpaired) electrons. The van der Waals surface area contributed by atoms with Gasteiger partial charge in [0.15, 0.2) is 5.76 Å². The molecule has 1 saturated heterocycles. The third-order valence-corrected chi connectivity index (χ3v) is 6.74. The molecule has 1 N–H and O–H groups in total. The summed E-state index contributed by atoms with van der Waals surface area (Å²) in [6.07, 6.45) is 6.09. The lowest BCUT2D eigenvalue weighted by Gasteiger charge is -2.32. The molecular weight excluding hydrogens is 434 g/mol. The molecule has 1 amide bonds. The van der Waals surface area contributed by atoms with Gasteiger partial charge in [0.25, 0.3) is 11.5 Å². The Morgan fingerprint density at radius 2 is 1.88 bits per heavy atom. The van der Waals surface area contributed by atoms with E-state index in [4.69, 9.17) is 14.6 Å². The Bertz CT molecular complexity index is 1070. The maximum absolute atomic E-state index is 13.6. The smallest absolute Gasteiger partial charge is 0.288 e. The molecule has 1 aromatic heterocycles. The van der Waals surface area contributed by atoms with Gasteiger partial charge in [-0.05, 0) is 57.2 Å². The third kappa shape index (κ3) is 5.13. The van der Waals surface area contributed by atoms with Gasteiger partial charge in [-0.3, -0.25) is 14.3 Å². The zero-order valence-corrected chi connectivity index (χ0v) is 20.1. The molecule has 2 aromatic rings. The second-order valence-corrected chi connectivity index (χ2v) is 9.05. The zero-order chi connectivity index (χ0) is 24.1. The molecule has 184 valence electrons. The van der Waals surface area contributed by atoms with Gasteiger partial charge in [-0.2, -0.15) is 0 Å². The number of hydrogen-bond donors (Lipinski definition) is 1. The maximum Gasteiger partial charge on any atom is 0.288 e. The van der Waals surface area contributed by atoms with Gasteiger partial charge in [-0.1, -0.05) is 18.2 Å². The molecule has 2 aliphatic heterocycles. The molecule has 1 aromatic carbocycles. The summed E-state index contributed by atoms with van der Waals surface area (Å²) in [5.74, 6) is -0.173. The number of rotatable bonds is 8. The molecule has 0 bridgehead atoms. The molecule has 3 heterocycles. The van der Waals surface area contributed by atoms with Crippen LogP contribution in [0.5, 0.6) is 0 Å². The Morgan fingerprint density at radius 3 is 2.59 bits per heavy atom. The van der Waals surface area contributed by atoms with Crippen molar-refractivity contribution in [1.29, 1.82) is 0 Å². The number of amides is 1. The van der Waals surface area contributed by atoms with Crippen LogP contribution in [0, 0.1) is 6.92 Å². The monoisotopic (exact) mass is 469 g/mol. The molecular formula is C26H35N3O5. The highest BCUT2D eigenvalue weighted by Gasteiger charge is 2.34. The number of aliphatic hydroxyl groups is 1. The summed E-state index contributed by atoms with van der Waals surface area (Å²) in [6.45, 7) is 3.90. The van der Waals surface area contributed by atoms with Gasteiger partial charge >= 0.3 is 0 Å². The third-order valence-electron chi connectivity index (χ3n) is 6.74. The lowest BCUT2D eigenvalue weighted by Crippen LogP contribution is -2.39. The standard InChI is InChI=1S/C26H35N3O5/c1-19-24(26(32)29(27(19)2)21-11-5-3-6-12-21)20-17-22(25(31)28-13-7-4-8-14-28)34-23(18-20)33-16-10-9-15-30/h3,5-6,11-12,17,20,23,30H,4,7-10,13-16,18H2,1-2H3/t20-,23+/m0/s1. The summed E-state index contributed by atoms with van der Waals surface area (Å²) in [5.41, 5.74) is 2.20. The number of para-hydroxylation sites is 1. The van der Waals surface area contributed by atoms with Crippen LogP contribution >= 0.6 is 0 Å². The van der Waals surface area contributed by atoms with Crippen molar-refractivity contribution in [2.45, 2.75) is 57.7 Å². The predicted octanol–water partition coefficient (Wildman–Crippen LogP) is 3.00. The van der Waals surface area contributed by atoms with Gasteiger partial charge < -0.3 is 19.5 Å². The second kappa shape index (κ2) is 11.1. The predicted molar refractivity (Wildman–Crippen MR) is 129 cm³/mol. The van der Waals surface area contributed by atoms with Crippen LogP contribution in [0.25, 0.3) is 5.69 Å². The van der Waals surface area contributed by atoms with E-state index in [1.165, 1.54) is 0 Å². The lowest BCUT2D eigenvalue weighted by atomic mass is 9.93. The molecule has 8 heteroatoms. The van der Waals surface area contributed by atoms with Crippen LogP contribution in [0.3, 0.4) is 0 Å². The van der Waals surface area contributed by atoms with Crippen molar-refractivity contribution in [1.82, 2.24) is 14.3 Å². The molecule has 2 aliphatic rings. The minimum Gasteiger partial charge on any atom is -0.459 e. The van der Waals surface area contributed by atoms with E-state index in [-0.39, 0.29) is 29.8 Å². The van der Waals surface area contributed by atoms with Crippen molar-refractivity contribution in [2.75, 3.05) is 26.3 Å². The number of ether oxygens (including phenoxy) is 2. The molecule has 0 spiro atoms. The Hall–Kier alpha value is -2.84.